The molecule has 1 aromatic carbocycles. The highest BCUT2D eigenvalue weighted by Gasteiger charge is 2.18. The zero-order valence-corrected chi connectivity index (χ0v) is 13.2. The van der Waals surface area contributed by atoms with Gasteiger partial charge in [-0.3, -0.25) is 20.0 Å². The van der Waals surface area contributed by atoms with Gasteiger partial charge in [0, 0.05) is 12.1 Å². The summed E-state index contributed by atoms with van der Waals surface area (Å²) in [5.74, 6) is 0.358. The number of nitrogens with zero attached hydrogens (tertiary/aromatic N) is 3. The topological polar surface area (TPSA) is 114 Å². The molecule has 2 aromatic rings. The quantitative estimate of drug-likeness (QED) is 0.491. The Bertz CT molecular complexity index is 721. The maximum Gasteiger partial charge on any atom is 0.271 e. The third kappa shape index (κ3) is 3.95. The number of aromatic amines is 1. The summed E-state index contributed by atoms with van der Waals surface area (Å²) in [5, 5.41) is 20.0. The van der Waals surface area contributed by atoms with Crippen molar-refractivity contribution in [1.82, 2.24) is 15.2 Å². The summed E-state index contributed by atoms with van der Waals surface area (Å²) >= 11 is 7.12. The second kappa shape index (κ2) is 6.75. The molecule has 0 aliphatic carbocycles. The van der Waals surface area contributed by atoms with Gasteiger partial charge in [0.1, 0.15) is 5.82 Å². The molecule has 116 valence electrons. The van der Waals surface area contributed by atoms with Crippen molar-refractivity contribution >= 4 is 40.6 Å². The minimum Gasteiger partial charge on any atom is -0.324 e. The summed E-state index contributed by atoms with van der Waals surface area (Å²) in [4.78, 5) is 26.3. The lowest BCUT2D eigenvalue weighted by Gasteiger charge is -2.11. The van der Waals surface area contributed by atoms with Crippen molar-refractivity contribution in [1.29, 1.82) is 0 Å². The second-order valence-corrected chi connectivity index (χ2v) is 6.09. The number of carbonyl (C=O) groups excluding carboxylic acids is 1. The van der Waals surface area contributed by atoms with Gasteiger partial charge in [0.05, 0.1) is 20.9 Å². The number of nitro groups is 1. The molecule has 1 unspecified atom stereocenters. The third-order valence-electron chi connectivity index (χ3n) is 2.65. The Morgan fingerprint density at radius 1 is 1.55 bits per heavy atom. The molecule has 1 aromatic heterocycles. The van der Waals surface area contributed by atoms with Crippen LogP contribution in [0.25, 0.3) is 0 Å². The Balaban J connectivity index is 2.03. The van der Waals surface area contributed by atoms with Crippen LogP contribution in [0.1, 0.15) is 12.7 Å². The molecule has 8 nitrogen and oxygen atoms in total. The zero-order chi connectivity index (χ0) is 16.3. The Morgan fingerprint density at radius 2 is 2.27 bits per heavy atom. The van der Waals surface area contributed by atoms with E-state index in [2.05, 4.69) is 20.5 Å². The molecule has 22 heavy (non-hydrogen) atoms. The molecule has 0 spiro atoms. The van der Waals surface area contributed by atoms with Gasteiger partial charge in [-0.25, -0.2) is 4.98 Å². The predicted octanol–water partition coefficient (Wildman–Crippen LogP) is 2.79. The molecule has 1 heterocycles. The predicted molar refractivity (Wildman–Crippen MR) is 83.2 cm³/mol. The number of halogens is 1. The number of hydrogen-bond acceptors (Lipinski definition) is 6. The van der Waals surface area contributed by atoms with E-state index in [-0.39, 0.29) is 16.6 Å². The molecule has 0 aliphatic rings. The lowest BCUT2D eigenvalue weighted by atomic mass is 10.2. The van der Waals surface area contributed by atoms with E-state index >= 15 is 0 Å². The van der Waals surface area contributed by atoms with Crippen LogP contribution in [0.2, 0.25) is 5.02 Å². The molecule has 0 fully saturated rings. The molecule has 10 heteroatoms. The van der Waals surface area contributed by atoms with Crippen LogP contribution in [0.15, 0.2) is 23.4 Å². The van der Waals surface area contributed by atoms with Gasteiger partial charge in [0.25, 0.3) is 5.69 Å². The average Bonchev–Trinajstić information content (AvgIpc) is 2.85. The molecule has 2 N–H and O–H groups in total. The van der Waals surface area contributed by atoms with Gasteiger partial charge in [-0.15, -0.1) is 5.10 Å². The number of amides is 1. The number of nitrogens with one attached hydrogen (secondary N) is 2. The van der Waals surface area contributed by atoms with Crippen molar-refractivity contribution in [2.75, 3.05) is 5.32 Å². The first-order valence-electron chi connectivity index (χ1n) is 6.17. The van der Waals surface area contributed by atoms with E-state index in [0.29, 0.717) is 16.7 Å². The summed E-state index contributed by atoms with van der Waals surface area (Å²) in [6.45, 7) is 3.46. The van der Waals surface area contributed by atoms with E-state index in [9.17, 15) is 14.9 Å². The van der Waals surface area contributed by atoms with Gasteiger partial charge in [-0.05, 0) is 19.9 Å². The fourth-order valence-electron chi connectivity index (χ4n) is 1.54. The van der Waals surface area contributed by atoms with E-state index in [1.54, 1.807) is 13.8 Å². The van der Waals surface area contributed by atoms with Gasteiger partial charge in [0.15, 0.2) is 0 Å². The van der Waals surface area contributed by atoms with Crippen molar-refractivity contribution in [3.8, 4) is 0 Å². The van der Waals surface area contributed by atoms with E-state index < -0.39 is 10.2 Å². The number of anilines is 1. The number of H-pyrrole nitrogens is 1. The normalized spacial score (nSPS) is 12.0. The first-order chi connectivity index (χ1) is 10.4. The largest absolute Gasteiger partial charge is 0.324 e. The van der Waals surface area contributed by atoms with Crippen molar-refractivity contribution in [2.45, 2.75) is 24.3 Å². The minimum absolute atomic E-state index is 0.105. The first kappa shape index (κ1) is 16.2. The standard InChI is InChI=1S/C12H12ClN5O3S/c1-6(22-12-14-7(2)16-17-12)11(19)15-10-4-3-8(18(20)21)5-9(10)13/h3-6H,1-2H3,(H,15,19)(H,14,16,17). The minimum atomic E-state index is -0.554. The number of aromatic nitrogens is 3. The Labute approximate surface area is 134 Å². The van der Waals surface area contributed by atoms with E-state index in [0.717, 1.165) is 0 Å². The van der Waals surface area contributed by atoms with Crippen LogP contribution in [0.5, 0.6) is 0 Å². The highest BCUT2D eigenvalue weighted by atomic mass is 35.5. The summed E-state index contributed by atoms with van der Waals surface area (Å²) < 4.78 is 0. The Kier molecular flexibility index (Phi) is 4.99. The van der Waals surface area contributed by atoms with E-state index in [4.69, 9.17) is 11.6 Å². The van der Waals surface area contributed by atoms with Crippen molar-refractivity contribution in [2.24, 2.45) is 0 Å². The number of hydrogen-bond donors (Lipinski definition) is 2. The van der Waals surface area contributed by atoms with Crippen molar-refractivity contribution in [3.05, 3.63) is 39.2 Å². The van der Waals surface area contributed by atoms with Gasteiger partial charge >= 0.3 is 0 Å². The number of carbonyl (C=O) groups is 1. The fourth-order valence-corrected chi connectivity index (χ4v) is 2.53. The van der Waals surface area contributed by atoms with Crippen LogP contribution in [-0.2, 0) is 4.79 Å². The highest BCUT2D eigenvalue weighted by molar-refractivity contribution is 8.00. The average molecular weight is 342 g/mol. The first-order valence-corrected chi connectivity index (χ1v) is 7.43. The maximum absolute atomic E-state index is 12.1. The van der Waals surface area contributed by atoms with Crippen LogP contribution >= 0.6 is 23.4 Å². The van der Waals surface area contributed by atoms with Gasteiger partial charge < -0.3 is 5.32 Å². The van der Waals surface area contributed by atoms with Crippen LogP contribution in [0, 0.1) is 17.0 Å². The lowest BCUT2D eigenvalue weighted by molar-refractivity contribution is -0.384. The van der Waals surface area contributed by atoms with Crippen LogP contribution < -0.4 is 5.32 Å². The number of thioether (sulfide) groups is 1. The molecular weight excluding hydrogens is 330 g/mol. The molecule has 1 atom stereocenters. The fraction of sp³-hybridized carbons (Fsp3) is 0.250. The molecule has 0 saturated carbocycles. The van der Waals surface area contributed by atoms with Crippen LogP contribution in [0.3, 0.4) is 0 Å². The van der Waals surface area contributed by atoms with Gasteiger partial charge in [-0.2, -0.15) is 0 Å². The monoisotopic (exact) mass is 341 g/mol. The molecule has 0 bridgehead atoms. The van der Waals surface area contributed by atoms with Crippen molar-refractivity contribution in [3.63, 3.8) is 0 Å². The van der Waals surface area contributed by atoms with Crippen molar-refractivity contribution < 1.29 is 9.72 Å². The molecule has 2 rings (SSSR count). The van der Waals surface area contributed by atoms with Crippen LogP contribution in [-0.4, -0.2) is 31.3 Å². The number of nitro benzene ring substituents is 1. The maximum atomic E-state index is 12.1. The summed E-state index contributed by atoms with van der Waals surface area (Å²) in [5.41, 5.74) is 0.178. The Hall–Kier alpha value is -2.13. The van der Waals surface area contributed by atoms with E-state index in [1.807, 2.05) is 0 Å². The summed E-state index contributed by atoms with van der Waals surface area (Å²) in [6, 6.07) is 3.86. The SMILES string of the molecule is Cc1nc(SC(C)C(=O)Nc2ccc([N+](=O)[O-])cc2Cl)n[nH]1. The molecule has 0 radical (unpaired) electrons. The number of rotatable bonds is 5. The highest BCUT2D eigenvalue weighted by Crippen LogP contribution is 2.28. The third-order valence-corrected chi connectivity index (χ3v) is 3.92. The molecule has 0 aliphatic heterocycles. The molecular formula is C12H12ClN5O3S. The number of non-ortho nitro benzene ring substituents is 1. The molecule has 0 saturated heterocycles. The van der Waals surface area contributed by atoms with E-state index in [1.165, 1.54) is 30.0 Å². The number of benzene rings is 1. The smallest absolute Gasteiger partial charge is 0.271 e. The number of aryl methyl sites for hydroxylation is 1. The second-order valence-electron chi connectivity index (χ2n) is 4.37. The van der Waals surface area contributed by atoms with Crippen LogP contribution in [0.4, 0.5) is 11.4 Å². The van der Waals surface area contributed by atoms with Gasteiger partial charge in [-0.1, -0.05) is 23.4 Å². The Morgan fingerprint density at radius 3 is 2.82 bits per heavy atom. The summed E-state index contributed by atoms with van der Waals surface area (Å²) in [6.07, 6.45) is 0. The summed E-state index contributed by atoms with van der Waals surface area (Å²) in [7, 11) is 0. The van der Waals surface area contributed by atoms with Gasteiger partial charge in [0.2, 0.25) is 11.1 Å². The molecule has 1 amide bonds. The lowest BCUT2D eigenvalue weighted by Crippen LogP contribution is -2.22. The zero-order valence-electron chi connectivity index (χ0n) is 11.7.